The van der Waals surface area contributed by atoms with E-state index >= 15 is 0 Å². The summed E-state index contributed by atoms with van der Waals surface area (Å²) in [5.41, 5.74) is 4.07. The minimum absolute atomic E-state index is 0.878. The summed E-state index contributed by atoms with van der Waals surface area (Å²) >= 11 is 1.92. The first kappa shape index (κ1) is 14.1. The van der Waals surface area contributed by atoms with Gasteiger partial charge in [-0.2, -0.15) is 16.5 Å². The molecule has 1 heterocycles. The SMILES string of the molecule is CCCSCc1c(-c2ccccc2)n(O)c2ccccc12. The van der Waals surface area contributed by atoms with Crippen molar-refractivity contribution >= 4 is 22.7 Å². The lowest BCUT2D eigenvalue weighted by Gasteiger charge is -2.07. The van der Waals surface area contributed by atoms with E-state index in [1.807, 2.05) is 48.2 Å². The van der Waals surface area contributed by atoms with Crippen LogP contribution >= 0.6 is 11.8 Å². The Morgan fingerprint density at radius 3 is 2.48 bits per heavy atom. The Kier molecular flexibility index (Phi) is 4.20. The van der Waals surface area contributed by atoms with Gasteiger partial charge in [0, 0.05) is 16.7 Å². The fraction of sp³-hybridized carbons (Fsp3) is 0.222. The van der Waals surface area contributed by atoms with E-state index in [1.54, 1.807) is 0 Å². The molecule has 3 rings (SSSR count). The van der Waals surface area contributed by atoms with Crippen molar-refractivity contribution in [3.63, 3.8) is 0 Å². The molecule has 0 saturated carbocycles. The summed E-state index contributed by atoms with van der Waals surface area (Å²) in [5.74, 6) is 2.06. The van der Waals surface area contributed by atoms with Crippen LogP contribution in [0.2, 0.25) is 0 Å². The molecule has 0 unspecified atom stereocenters. The van der Waals surface area contributed by atoms with Crippen molar-refractivity contribution in [1.82, 2.24) is 4.73 Å². The third-order valence-corrected chi connectivity index (χ3v) is 4.79. The molecule has 1 N–H and O–H groups in total. The largest absolute Gasteiger partial charge is 0.428 e. The van der Waals surface area contributed by atoms with E-state index in [2.05, 4.69) is 25.1 Å². The fourth-order valence-corrected chi connectivity index (χ4v) is 3.58. The number of thioether (sulfide) groups is 1. The lowest BCUT2D eigenvalue weighted by molar-refractivity contribution is 0.204. The molecule has 0 radical (unpaired) electrons. The standard InChI is InChI=1S/C18H19NOS/c1-2-12-21-13-16-15-10-6-7-11-17(15)19(20)18(16)14-8-4-3-5-9-14/h3-11,20H,2,12-13H2,1H3. The van der Waals surface area contributed by atoms with Crippen LogP contribution in [0.1, 0.15) is 18.9 Å². The zero-order chi connectivity index (χ0) is 14.7. The van der Waals surface area contributed by atoms with Gasteiger partial charge in [0.2, 0.25) is 0 Å². The van der Waals surface area contributed by atoms with Gasteiger partial charge in [-0.25, -0.2) is 0 Å². The molecular formula is C18H19NOS. The van der Waals surface area contributed by atoms with Crippen LogP contribution in [-0.4, -0.2) is 15.7 Å². The lowest BCUT2D eigenvalue weighted by atomic mass is 10.1. The molecule has 2 nitrogen and oxygen atoms in total. The van der Waals surface area contributed by atoms with Gasteiger partial charge >= 0.3 is 0 Å². The van der Waals surface area contributed by atoms with E-state index in [0.29, 0.717) is 0 Å². The molecule has 0 aliphatic carbocycles. The maximum atomic E-state index is 10.6. The molecule has 0 amide bonds. The molecule has 0 atom stereocenters. The molecular weight excluding hydrogens is 278 g/mol. The highest BCUT2D eigenvalue weighted by molar-refractivity contribution is 7.98. The number of hydrogen-bond acceptors (Lipinski definition) is 2. The van der Waals surface area contributed by atoms with Gasteiger partial charge in [-0.05, 0) is 23.8 Å². The van der Waals surface area contributed by atoms with Gasteiger partial charge in [-0.1, -0.05) is 55.5 Å². The van der Waals surface area contributed by atoms with Gasteiger partial charge < -0.3 is 5.21 Å². The molecule has 0 spiro atoms. The number of benzene rings is 2. The maximum absolute atomic E-state index is 10.6. The normalized spacial score (nSPS) is 11.1. The Bertz CT molecular complexity index is 734. The van der Waals surface area contributed by atoms with E-state index in [-0.39, 0.29) is 0 Å². The van der Waals surface area contributed by atoms with E-state index in [0.717, 1.165) is 33.7 Å². The van der Waals surface area contributed by atoms with Crippen molar-refractivity contribution < 1.29 is 5.21 Å². The summed E-state index contributed by atoms with van der Waals surface area (Å²) in [5, 5.41) is 11.7. The highest BCUT2D eigenvalue weighted by Gasteiger charge is 2.17. The topological polar surface area (TPSA) is 25.2 Å². The average Bonchev–Trinajstić information content (AvgIpc) is 2.82. The Hall–Kier alpha value is -1.87. The maximum Gasteiger partial charge on any atom is 0.0919 e. The van der Waals surface area contributed by atoms with Gasteiger partial charge in [0.15, 0.2) is 0 Å². The van der Waals surface area contributed by atoms with Gasteiger partial charge in [0.1, 0.15) is 0 Å². The van der Waals surface area contributed by atoms with Crippen LogP contribution in [0.4, 0.5) is 0 Å². The summed E-state index contributed by atoms with van der Waals surface area (Å²) in [4.78, 5) is 0. The van der Waals surface area contributed by atoms with E-state index in [4.69, 9.17) is 0 Å². The highest BCUT2D eigenvalue weighted by Crippen LogP contribution is 2.35. The van der Waals surface area contributed by atoms with E-state index in [9.17, 15) is 5.21 Å². The summed E-state index contributed by atoms with van der Waals surface area (Å²) in [6.07, 6.45) is 1.17. The van der Waals surface area contributed by atoms with Crippen molar-refractivity contribution in [3.05, 3.63) is 60.2 Å². The Morgan fingerprint density at radius 2 is 1.71 bits per heavy atom. The quantitative estimate of drug-likeness (QED) is 0.518. The first-order chi connectivity index (χ1) is 10.3. The molecule has 1 aromatic heterocycles. The van der Waals surface area contributed by atoms with Crippen LogP contribution in [0.25, 0.3) is 22.2 Å². The fourth-order valence-electron chi connectivity index (χ4n) is 2.65. The van der Waals surface area contributed by atoms with Gasteiger partial charge in [-0.3, -0.25) is 0 Å². The van der Waals surface area contributed by atoms with Crippen LogP contribution in [0.3, 0.4) is 0 Å². The first-order valence-corrected chi connectivity index (χ1v) is 8.43. The monoisotopic (exact) mass is 297 g/mol. The molecule has 2 aromatic carbocycles. The van der Waals surface area contributed by atoms with Crippen LogP contribution in [0.5, 0.6) is 0 Å². The number of nitrogens with zero attached hydrogens (tertiary/aromatic N) is 1. The van der Waals surface area contributed by atoms with Crippen molar-refractivity contribution in [2.45, 2.75) is 19.1 Å². The minimum Gasteiger partial charge on any atom is -0.428 e. The van der Waals surface area contributed by atoms with Crippen LogP contribution in [0.15, 0.2) is 54.6 Å². The first-order valence-electron chi connectivity index (χ1n) is 7.27. The Balaban J connectivity index is 2.16. The van der Waals surface area contributed by atoms with Crippen LogP contribution in [0, 0.1) is 0 Å². The van der Waals surface area contributed by atoms with Crippen molar-refractivity contribution in [1.29, 1.82) is 0 Å². The zero-order valence-corrected chi connectivity index (χ0v) is 12.9. The summed E-state index contributed by atoms with van der Waals surface area (Å²) in [6, 6.07) is 18.2. The van der Waals surface area contributed by atoms with Crippen molar-refractivity contribution in [3.8, 4) is 11.3 Å². The van der Waals surface area contributed by atoms with Crippen LogP contribution < -0.4 is 0 Å². The molecule has 0 fully saturated rings. The molecule has 3 heteroatoms. The van der Waals surface area contributed by atoms with Gasteiger partial charge in [0.25, 0.3) is 0 Å². The van der Waals surface area contributed by atoms with Crippen molar-refractivity contribution in [2.24, 2.45) is 0 Å². The number of rotatable bonds is 5. The molecule has 3 aromatic rings. The smallest absolute Gasteiger partial charge is 0.0919 e. The second-order valence-electron chi connectivity index (χ2n) is 5.07. The minimum atomic E-state index is 0.878. The second kappa shape index (κ2) is 6.27. The molecule has 0 aliphatic rings. The summed E-state index contributed by atoms with van der Waals surface area (Å²) in [6.45, 7) is 2.19. The number of para-hydroxylation sites is 1. The predicted octanol–water partition coefficient (Wildman–Crippen LogP) is 5.19. The van der Waals surface area contributed by atoms with E-state index in [1.165, 1.54) is 16.7 Å². The molecule has 0 aliphatic heterocycles. The predicted molar refractivity (Wildman–Crippen MR) is 91.0 cm³/mol. The number of fused-ring (bicyclic) bond motifs is 1. The highest BCUT2D eigenvalue weighted by atomic mass is 32.2. The average molecular weight is 297 g/mol. The van der Waals surface area contributed by atoms with Gasteiger partial charge in [-0.15, -0.1) is 0 Å². The Labute approximate surface area is 129 Å². The third kappa shape index (κ3) is 2.66. The molecule has 108 valence electrons. The summed E-state index contributed by atoms with van der Waals surface area (Å²) in [7, 11) is 0. The zero-order valence-electron chi connectivity index (χ0n) is 12.1. The number of aromatic nitrogens is 1. The van der Waals surface area contributed by atoms with Crippen LogP contribution in [-0.2, 0) is 5.75 Å². The number of hydrogen-bond donors (Lipinski definition) is 1. The Morgan fingerprint density at radius 1 is 1.00 bits per heavy atom. The lowest BCUT2D eigenvalue weighted by Crippen LogP contribution is -1.95. The molecule has 0 bridgehead atoms. The second-order valence-corrected chi connectivity index (χ2v) is 6.18. The molecule has 21 heavy (non-hydrogen) atoms. The molecule has 0 saturated heterocycles. The van der Waals surface area contributed by atoms with Gasteiger partial charge in [0.05, 0.1) is 11.2 Å². The summed E-state index contributed by atoms with van der Waals surface area (Å²) < 4.78 is 1.34. The third-order valence-electron chi connectivity index (χ3n) is 3.60. The van der Waals surface area contributed by atoms with E-state index < -0.39 is 0 Å². The van der Waals surface area contributed by atoms with Crippen molar-refractivity contribution in [2.75, 3.05) is 5.75 Å².